The number of carbonyl (C=O) groups excluding carboxylic acids is 1. The molecule has 1 fully saturated rings. The van der Waals surface area contributed by atoms with Gasteiger partial charge in [0.2, 0.25) is 0 Å². The number of carboxylic acid groups (broad SMARTS) is 1. The van der Waals surface area contributed by atoms with Crippen molar-refractivity contribution in [3.05, 3.63) is 21.9 Å². The van der Waals surface area contributed by atoms with Crippen molar-refractivity contribution in [2.24, 2.45) is 5.41 Å². The highest BCUT2D eigenvalue weighted by molar-refractivity contribution is 7.15. The van der Waals surface area contributed by atoms with Crippen molar-refractivity contribution in [2.45, 2.75) is 45.3 Å². The fourth-order valence-corrected chi connectivity index (χ4v) is 4.03. The Kier molecular flexibility index (Phi) is 4.68. The second-order valence-corrected chi connectivity index (χ2v) is 6.48. The first-order valence-corrected chi connectivity index (χ1v) is 7.97. The number of rotatable bonds is 6. The molecule has 1 aliphatic rings. The van der Waals surface area contributed by atoms with Gasteiger partial charge in [-0.1, -0.05) is 13.8 Å². The van der Waals surface area contributed by atoms with Crippen molar-refractivity contribution in [2.75, 3.05) is 7.11 Å². The average molecular weight is 311 g/mol. The Morgan fingerprint density at radius 3 is 2.48 bits per heavy atom. The number of hydrogen-bond acceptors (Lipinski definition) is 4. The third-order valence-electron chi connectivity index (χ3n) is 4.73. The van der Waals surface area contributed by atoms with Crippen LogP contribution in [0, 0.1) is 5.41 Å². The number of carboxylic acids is 1. The van der Waals surface area contributed by atoms with Gasteiger partial charge in [-0.2, -0.15) is 0 Å². The molecule has 1 amide bonds. The molecule has 1 aromatic rings. The summed E-state index contributed by atoms with van der Waals surface area (Å²) in [6.07, 6.45) is 2.87. The van der Waals surface area contributed by atoms with E-state index < -0.39 is 5.97 Å². The maximum absolute atomic E-state index is 12.3. The Bertz CT molecular complexity index is 536. The zero-order valence-corrected chi connectivity index (χ0v) is 13.3. The van der Waals surface area contributed by atoms with Crippen LogP contribution in [0.15, 0.2) is 12.1 Å². The second-order valence-electron chi connectivity index (χ2n) is 5.40. The third-order valence-corrected chi connectivity index (χ3v) is 5.80. The van der Waals surface area contributed by atoms with Crippen molar-refractivity contribution in [1.82, 2.24) is 5.32 Å². The predicted molar refractivity (Wildman–Crippen MR) is 81.0 cm³/mol. The van der Waals surface area contributed by atoms with Crippen LogP contribution in [-0.4, -0.2) is 36.2 Å². The van der Waals surface area contributed by atoms with E-state index >= 15 is 0 Å². The van der Waals surface area contributed by atoms with E-state index in [9.17, 15) is 9.59 Å². The molecule has 0 radical (unpaired) electrons. The molecular weight excluding hydrogens is 290 g/mol. The summed E-state index contributed by atoms with van der Waals surface area (Å²) >= 11 is 1.00. The van der Waals surface area contributed by atoms with Crippen LogP contribution in [0.3, 0.4) is 0 Å². The van der Waals surface area contributed by atoms with Crippen LogP contribution in [0.4, 0.5) is 0 Å². The zero-order valence-electron chi connectivity index (χ0n) is 12.5. The van der Waals surface area contributed by atoms with E-state index in [1.54, 1.807) is 13.2 Å². The number of amides is 1. The monoisotopic (exact) mass is 311 g/mol. The van der Waals surface area contributed by atoms with Gasteiger partial charge in [-0.25, -0.2) is 4.79 Å². The van der Waals surface area contributed by atoms with Crippen molar-refractivity contribution in [1.29, 1.82) is 0 Å². The van der Waals surface area contributed by atoms with E-state index in [0.717, 1.165) is 30.6 Å². The van der Waals surface area contributed by atoms with Gasteiger partial charge in [0.15, 0.2) is 0 Å². The number of hydrogen-bond donors (Lipinski definition) is 2. The van der Waals surface area contributed by atoms with Crippen LogP contribution >= 0.6 is 11.3 Å². The highest BCUT2D eigenvalue weighted by atomic mass is 32.1. The van der Waals surface area contributed by atoms with E-state index in [-0.39, 0.29) is 28.3 Å². The van der Waals surface area contributed by atoms with E-state index in [1.165, 1.54) is 6.07 Å². The van der Waals surface area contributed by atoms with Gasteiger partial charge in [0.05, 0.1) is 11.0 Å². The lowest BCUT2D eigenvalue weighted by Gasteiger charge is -2.55. The highest BCUT2D eigenvalue weighted by Crippen LogP contribution is 2.48. The minimum Gasteiger partial charge on any atom is -0.477 e. The third kappa shape index (κ3) is 2.70. The Morgan fingerprint density at radius 2 is 2.00 bits per heavy atom. The molecule has 1 heterocycles. The molecule has 0 spiro atoms. The molecule has 21 heavy (non-hydrogen) atoms. The molecule has 0 aromatic carbocycles. The first kappa shape index (κ1) is 16.0. The molecule has 2 unspecified atom stereocenters. The Balaban J connectivity index is 2.07. The summed E-state index contributed by atoms with van der Waals surface area (Å²) in [7, 11) is 1.71. The molecule has 2 N–H and O–H groups in total. The fraction of sp³-hybridized carbons (Fsp3) is 0.600. The molecule has 2 atom stereocenters. The molecule has 0 saturated heterocycles. The molecule has 1 saturated carbocycles. The van der Waals surface area contributed by atoms with E-state index in [0.29, 0.717) is 4.88 Å². The predicted octanol–water partition coefficient (Wildman–Crippen LogP) is 2.77. The van der Waals surface area contributed by atoms with Crippen LogP contribution in [0.25, 0.3) is 0 Å². The molecule has 5 nitrogen and oxygen atoms in total. The topological polar surface area (TPSA) is 75.6 Å². The molecule has 1 aromatic heterocycles. The lowest BCUT2D eigenvalue weighted by molar-refractivity contribution is -0.120. The first-order valence-electron chi connectivity index (χ1n) is 7.15. The molecular formula is C15H21NO4S. The summed E-state index contributed by atoms with van der Waals surface area (Å²) in [6, 6.07) is 3.11. The van der Waals surface area contributed by atoms with E-state index in [4.69, 9.17) is 9.84 Å². The number of thiophene rings is 1. The van der Waals surface area contributed by atoms with E-state index in [2.05, 4.69) is 19.2 Å². The average Bonchev–Trinajstić information content (AvgIpc) is 2.94. The van der Waals surface area contributed by atoms with Gasteiger partial charge in [-0.15, -0.1) is 11.3 Å². The molecule has 6 heteroatoms. The Morgan fingerprint density at radius 1 is 1.38 bits per heavy atom. The number of carbonyl (C=O) groups is 2. The smallest absolute Gasteiger partial charge is 0.345 e. The van der Waals surface area contributed by atoms with E-state index in [1.807, 2.05) is 0 Å². The van der Waals surface area contributed by atoms with Crippen LogP contribution in [0.5, 0.6) is 0 Å². The quantitative estimate of drug-likeness (QED) is 0.847. The summed E-state index contributed by atoms with van der Waals surface area (Å²) in [6.45, 7) is 4.23. The molecule has 0 aliphatic heterocycles. The van der Waals surface area contributed by atoms with Crippen LogP contribution in [0.2, 0.25) is 0 Å². The van der Waals surface area contributed by atoms with Crippen molar-refractivity contribution >= 4 is 23.2 Å². The fourth-order valence-electron chi connectivity index (χ4n) is 3.28. The van der Waals surface area contributed by atoms with Crippen molar-refractivity contribution in [3.63, 3.8) is 0 Å². The highest BCUT2D eigenvalue weighted by Gasteiger charge is 2.53. The summed E-state index contributed by atoms with van der Waals surface area (Å²) in [5.41, 5.74) is -0.0166. The maximum Gasteiger partial charge on any atom is 0.345 e. The van der Waals surface area contributed by atoms with Gasteiger partial charge in [0, 0.05) is 18.6 Å². The van der Waals surface area contributed by atoms with Crippen LogP contribution in [-0.2, 0) is 4.74 Å². The van der Waals surface area contributed by atoms with Gasteiger partial charge in [-0.05, 0) is 31.4 Å². The van der Waals surface area contributed by atoms with Crippen LogP contribution < -0.4 is 5.32 Å². The number of aromatic carboxylic acids is 1. The zero-order chi connectivity index (χ0) is 15.6. The SMILES string of the molecule is CCC1(CC)C(NC(=O)c2ccc(C(=O)O)s2)CC1OC. The lowest BCUT2D eigenvalue weighted by atomic mass is 9.58. The second kappa shape index (κ2) is 6.15. The maximum atomic E-state index is 12.3. The number of methoxy groups -OCH3 is 1. The van der Waals surface area contributed by atoms with Crippen LogP contribution in [0.1, 0.15) is 52.5 Å². The largest absolute Gasteiger partial charge is 0.477 e. The number of nitrogens with one attached hydrogen (secondary N) is 1. The van der Waals surface area contributed by atoms with Crippen molar-refractivity contribution < 1.29 is 19.4 Å². The number of ether oxygens (including phenoxy) is 1. The summed E-state index contributed by atoms with van der Waals surface area (Å²) < 4.78 is 5.51. The summed E-state index contributed by atoms with van der Waals surface area (Å²) in [5, 5.41) is 11.9. The minimum absolute atomic E-state index is 0.0166. The van der Waals surface area contributed by atoms with Gasteiger partial charge < -0.3 is 15.2 Å². The van der Waals surface area contributed by atoms with Gasteiger partial charge in [-0.3, -0.25) is 4.79 Å². The Hall–Kier alpha value is -1.40. The standard InChI is InChI=1S/C15H21NO4S/c1-4-15(5-2)11(8-12(15)20-3)16-13(17)9-6-7-10(21-9)14(18)19/h6-7,11-12H,4-5,8H2,1-3H3,(H,16,17)(H,18,19). The van der Waals surface area contributed by atoms with Crippen molar-refractivity contribution in [3.8, 4) is 0 Å². The molecule has 2 rings (SSSR count). The van der Waals surface area contributed by atoms with Gasteiger partial charge >= 0.3 is 5.97 Å². The molecule has 0 bridgehead atoms. The summed E-state index contributed by atoms with van der Waals surface area (Å²) in [4.78, 5) is 23.8. The van der Waals surface area contributed by atoms with Gasteiger partial charge in [0.25, 0.3) is 5.91 Å². The molecule has 116 valence electrons. The normalized spacial score (nSPS) is 23.4. The van der Waals surface area contributed by atoms with Gasteiger partial charge in [0.1, 0.15) is 4.88 Å². The molecule has 1 aliphatic carbocycles. The lowest BCUT2D eigenvalue weighted by Crippen LogP contribution is -2.64. The minimum atomic E-state index is -1.00. The Labute approximate surface area is 128 Å². The summed E-state index contributed by atoms with van der Waals surface area (Å²) in [5.74, 6) is -1.20. The first-order chi connectivity index (χ1) is 9.98.